The Morgan fingerprint density at radius 2 is 2.21 bits per heavy atom. The second-order valence-electron chi connectivity index (χ2n) is 7.85. The lowest BCUT2D eigenvalue weighted by atomic mass is 10.0. The van der Waals surface area contributed by atoms with Crippen LogP contribution in [0.1, 0.15) is 40.9 Å². The fourth-order valence-electron chi connectivity index (χ4n) is 3.30. The Balaban J connectivity index is 1.72. The number of ether oxygens (including phenoxy) is 1. The first-order valence-electron chi connectivity index (χ1n) is 10.4. The van der Waals surface area contributed by atoms with E-state index in [1.807, 2.05) is 19.1 Å². The Morgan fingerprint density at radius 1 is 1.42 bits per heavy atom. The number of allylic oxidation sites excluding steroid dienone is 2. The molecule has 1 aliphatic rings. The van der Waals surface area contributed by atoms with E-state index >= 15 is 0 Å². The zero-order chi connectivity index (χ0) is 24.0. The van der Waals surface area contributed by atoms with Gasteiger partial charge in [0.15, 0.2) is 0 Å². The van der Waals surface area contributed by atoms with Crippen LogP contribution in [-0.4, -0.2) is 36.2 Å². The number of hydrogen-bond donors (Lipinski definition) is 3. The quantitative estimate of drug-likeness (QED) is 0.498. The summed E-state index contributed by atoms with van der Waals surface area (Å²) in [4.78, 5) is 20.7. The number of aromatic nitrogens is 1. The van der Waals surface area contributed by atoms with E-state index in [9.17, 15) is 13.6 Å². The number of fused-ring (bicyclic) bond motifs is 1. The van der Waals surface area contributed by atoms with Gasteiger partial charge >= 0.3 is 0 Å². The highest BCUT2D eigenvalue weighted by atomic mass is 19.3. The molecule has 0 atom stereocenters. The molecule has 1 aromatic carbocycles. The lowest BCUT2D eigenvalue weighted by molar-refractivity contribution is 0.0221. The zero-order valence-electron chi connectivity index (χ0n) is 18.6. The summed E-state index contributed by atoms with van der Waals surface area (Å²) in [6.45, 7) is 6.47. The summed E-state index contributed by atoms with van der Waals surface area (Å²) in [6.07, 6.45) is 5.84. The average molecular weight is 456 g/mol. The highest BCUT2D eigenvalue weighted by Crippen LogP contribution is 2.37. The van der Waals surface area contributed by atoms with Crippen molar-refractivity contribution < 1.29 is 18.3 Å². The molecular formula is C24H27F2N5O2. The van der Waals surface area contributed by atoms with Crippen molar-refractivity contribution in [1.82, 2.24) is 10.3 Å². The van der Waals surface area contributed by atoms with Crippen LogP contribution in [0.5, 0.6) is 5.75 Å². The smallest absolute Gasteiger partial charge is 0.262 e. The summed E-state index contributed by atoms with van der Waals surface area (Å²) in [5.74, 6) is -1.81. The molecule has 2 heterocycles. The SMILES string of the molecule is C=C(N)/N=C\C=C(/C)c1cnc(NCc2cccc(C(=O)NCC(C)(F)F)c2)c2c1OCC2. The zero-order valence-corrected chi connectivity index (χ0v) is 18.6. The first-order chi connectivity index (χ1) is 15.6. The molecule has 4 N–H and O–H groups in total. The van der Waals surface area contributed by atoms with Gasteiger partial charge in [-0.2, -0.15) is 0 Å². The number of hydrogen-bond acceptors (Lipinski definition) is 6. The number of pyridine rings is 1. The van der Waals surface area contributed by atoms with Crippen molar-refractivity contribution in [3.8, 4) is 5.75 Å². The Morgan fingerprint density at radius 3 is 2.94 bits per heavy atom. The molecule has 0 aliphatic carbocycles. The fourth-order valence-corrected chi connectivity index (χ4v) is 3.30. The molecule has 2 aromatic rings. The van der Waals surface area contributed by atoms with Gasteiger partial charge in [-0.3, -0.25) is 4.79 Å². The molecule has 0 bridgehead atoms. The second-order valence-corrected chi connectivity index (χ2v) is 7.85. The van der Waals surface area contributed by atoms with Gasteiger partial charge in [0.2, 0.25) is 0 Å². The van der Waals surface area contributed by atoms with E-state index in [0.29, 0.717) is 31.0 Å². The number of nitrogens with one attached hydrogen (secondary N) is 2. The monoisotopic (exact) mass is 455 g/mol. The molecule has 33 heavy (non-hydrogen) atoms. The van der Waals surface area contributed by atoms with Crippen molar-refractivity contribution in [2.75, 3.05) is 18.5 Å². The number of nitrogens with zero attached hydrogens (tertiary/aromatic N) is 2. The summed E-state index contributed by atoms with van der Waals surface area (Å²) in [5.41, 5.74) is 9.35. The molecule has 0 radical (unpaired) electrons. The highest BCUT2D eigenvalue weighted by molar-refractivity contribution is 5.94. The third-order valence-electron chi connectivity index (χ3n) is 4.92. The van der Waals surface area contributed by atoms with Crippen molar-refractivity contribution in [1.29, 1.82) is 0 Å². The standard InChI is InChI=1S/C24H27F2N5O2/c1-15(7-9-28-16(2)27)20-13-30-22(19-8-10-33-21(19)20)29-12-17-5-4-6-18(11-17)23(32)31-14-24(3,25)26/h4-7,9,11,13H,2,8,10,12,14,27H2,1,3H3,(H,29,30)(H,31,32)/b15-7+,28-9-. The van der Waals surface area contributed by atoms with Crippen LogP contribution in [0.3, 0.4) is 0 Å². The minimum atomic E-state index is -2.96. The molecule has 0 fully saturated rings. The summed E-state index contributed by atoms with van der Waals surface area (Å²) in [6, 6.07) is 6.81. The Hall–Kier alpha value is -3.75. The number of anilines is 1. The maximum absolute atomic E-state index is 13.0. The Kier molecular flexibility index (Phi) is 7.42. The fraction of sp³-hybridized carbons (Fsp3) is 0.292. The molecule has 7 nitrogen and oxygen atoms in total. The van der Waals surface area contributed by atoms with Gasteiger partial charge in [0.1, 0.15) is 17.4 Å². The summed E-state index contributed by atoms with van der Waals surface area (Å²) in [5, 5.41) is 5.54. The number of nitrogens with two attached hydrogens (primary N) is 1. The molecule has 0 saturated heterocycles. The number of benzene rings is 1. The maximum atomic E-state index is 13.0. The summed E-state index contributed by atoms with van der Waals surface area (Å²) >= 11 is 0. The van der Waals surface area contributed by atoms with Crippen molar-refractivity contribution in [3.63, 3.8) is 0 Å². The number of alkyl halides is 2. The van der Waals surface area contributed by atoms with E-state index in [1.54, 1.807) is 30.6 Å². The average Bonchev–Trinajstić information content (AvgIpc) is 3.25. The number of halogens is 2. The predicted octanol–water partition coefficient (Wildman–Crippen LogP) is 3.92. The van der Waals surface area contributed by atoms with Crippen LogP contribution in [0.15, 0.2) is 53.9 Å². The van der Waals surface area contributed by atoms with Crippen LogP contribution in [0.25, 0.3) is 5.57 Å². The molecule has 1 aromatic heterocycles. The minimum Gasteiger partial charge on any atom is -0.492 e. The van der Waals surface area contributed by atoms with E-state index in [0.717, 1.165) is 34.9 Å². The third kappa shape index (κ3) is 6.61. The molecule has 1 amide bonds. The van der Waals surface area contributed by atoms with Crippen LogP contribution in [0, 0.1) is 0 Å². The van der Waals surface area contributed by atoms with Gasteiger partial charge in [0.05, 0.1) is 13.2 Å². The van der Waals surface area contributed by atoms with Gasteiger partial charge < -0.3 is 21.1 Å². The molecule has 0 saturated carbocycles. The molecule has 174 valence electrons. The first-order valence-corrected chi connectivity index (χ1v) is 10.4. The number of amides is 1. The number of aliphatic imine (C=N–C) groups is 1. The topological polar surface area (TPSA) is 102 Å². The molecule has 0 unspecified atom stereocenters. The molecule has 9 heteroatoms. The van der Waals surface area contributed by atoms with Gasteiger partial charge in [-0.1, -0.05) is 18.7 Å². The van der Waals surface area contributed by atoms with E-state index < -0.39 is 18.4 Å². The number of carbonyl (C=O) groups excluding carboxylic acids is 1. The number of rotatable bonds is 9. The first kappa shape index (κ1) is 23.9. The van der Waals surface area contributed by atoms with Crippen LogP contribution < -0.4 is 21.1 Å². The molecular weight excluding hydrogens is 428 g/mol. The molecule has 3 rings (SSSR count). The highest BCUT2D eigenvalue weighted by Gasteiger charge is 2.23. The third-order valence-corrected chi connectivity index (χ3v) is 4.92. The van der Waals surface area contributed by atoms with Crippen molar-refractivity contribution in [3.05, 3.63) is 71.2 Å². The predicted molar refractivity (Wildman–Crippen MR) is 126 cm³/mol. The lowest BCUT2D eigenvalue weighted by Crippen LogP contribution is -2.34. The van der Waals surface area contributed by atoms with Gasteiger partial charge in [-0.15, -0.1) is 0 Å². The summed E-state index contributed by atoms with van der Waals surface area (Å²) < 4.78 is 31.9. The van der Waals surface area contributed by atoms with Gasteiger partial charge in [-0.05, 0) is 36.3 Å². The maximum Gasteiger partial charge on any atom is 0.262 e. The van der Waals surface area contributed by atoms with Crippen molar-refractivity contribution in [2.24, 2.45) is 10.7 Å². The van der Waals surface area contributed by atoms with E-state index in [4.69, 9.17) is 10.5 Å². The summed E-state index contributed by atoms with van der Waals surface area (Å²) in [7, 11) is 0. The van der Waals surface area contributed by atoms with Crippen molar-refractivity contribution >= 4 is 23.5 Å². The largest absolute Gasteiger partial charge is 0.492 e. The molecule has 1 aliphatic heterocycles. The van der Waals surface area contributed by atoms with E-state index in [1.165, 1.54) is 0 Å². The van der Waals surface area contributed by atoms with Crippen LogP contribution in [0.2, 0.25) is 0 Å². The van der Waals surface area contributed by atoms with Crippen molar-refractivity contribution in [2.45, 2.75) is 32.7 Å². The number of carbonyl (C=O) groups is 1. The van der Waals surface area contributed by atoms with Gasteiger partial charge in [-0.25, -0.2) is 18.8 Å². The van der Waals surface area contributed by atoms with E-state index in [-0.39, 0.29) is 5.82 Å². The molecule has 0 spiro atoms. The van der Waals surface area contributed by atoms with Crippen LogP contribution in [0.4, 0.5) is 14.6 Å². The van der Waals surface area contributed by atoms with Gasteiger partial charge in [0.25, 0.3) is 11.8 Å². The van der Waals surface area contributed by atoms with E-state index in [2.05, 4.69) is 27.2 Å². The minimum absolute atomic E-state index is 0.225. The Labute approximate surface area is 191 Å². The van der Waals surface area contributed by atoms with Gasteiger partial charge in [0, 0.05) is 49.0 Å². The Bertz CT molecular complexity index is 1110. The van der Waals surface area contributed by atoms with Crippen LogP contribution >= 0.6 is 0 Å². The lowest BCUT2D eigenvalue weighted by Gasteiger charge is -2.14. The normalized spacial score (nSPS) is 13.5. The second kappa shape index (κ2) is 10.2. The van der Waals surface area contributed by atoms with Crippen LogP contribution in [-0.2, 0) is 13.0 Å².